The van der Waals surface area contributed by atoms with Gasteiger partial charge in [0.05, 0.1) is 8.99 Å². The van der Waals surface area contributed by atoms with Crippen LogP contribution in [-0.2, 0) is 11.2 Å². The van der Waals surface area contributed by atoms with Crippen molar-refractivity contribution in [2.45, 2.75) is 57.2 Å². The van der Waals surface area contributed by atoms with E-state index in [0.29, 0.717) is 18.2 Å². The van der Waals surface area contributed by atoms with Gasteiger partial charge in [0.15, 0.2) is 0 Å². The third-order valence-corrected chi connectivity index (χ3v) is 5.98. The van der Waals surface area contributed by atoms with Crippen LogP contribution in [-0.4, -0.2) is 18.8 Å². The molecular weight excluding hydrogens is 357 g/mol. The lowest BCUT2D eigenvalue weighted by Crippen LogP contribution is -2.40. The van der Waals surface area contributed by atoms with E-state index < -0.39 is 0 Å². The highest BCUT2D eigenvalue weighted by atomic mass is 127. The van der Waals surface area contributed by atoms with Gasteiger partial charge in [0.1, 0.15) is 0 Å². The summed E-state index contributed by atoms with van der Waals surface area (Å²) >= 11 is 4.43. The van der Waals surface area contributed by atoms with E-state index in [0.717, 1.165) is 19.4 Å². The van der Waals surface area contributed by atoms with E-state index in [4.69, 9.17) is 4.74 Å². The number of aryl methyl sites for hydroxylation is 1. The van der Waals surface area contributed by atoms with Crippen LogP contribution >= 0.6 is 33.9 Å². The molecule has 18 heavy (non-hydrogen) atoms. The van der Waals surface area contributed by atoms with Gasteiger partial charge in [0.2, 0.25) is 0 Å². The molecule has 1 aromatic heterocycles. The van der Waals surface area contributed by atoms with Gasteiger partial charge in [-0.3, -0.25) is 0 Å². The van der Waals surface area contributed by atoms with Crippen molar-refractivity contribution in [1.29, 1.82) is 0 Å². The quantitative estimate of drug-likeness (QED) is 0.790. The number of fused-ring (bicyclic) bond motifs is 1. The van der Waals surface area contributed by atoms with Crippen LogP contribution in [0.2, 0.25) is 0 Å². The summed E-state index contributed by atoms with van der Waals surface area (Å²) < 4.78 is 7.07. The van der Waals surface area contributed by atoms with E-state index in [9.17, 15) is 0 Å². The second kappa shape index (κ2) is 5.77. The third kappa shape index (κ3) is 2.92. The van der Waals surface area contributed by atoms with Gasteiger partial charge in [-0.05, 0) is 73.2 Å². The molecule has 4 heteroatoms. The van der Waals surface area contributed by atoms with Crippen molar-refractivity contribution in [3.63, 3.8) is 0 Å². The zero-order chi connectivity index (χ0) is 12.5. The van der Waals surface area contributed by atoms with E-state index in [1.807, 2.05) is 11.3 Å². The van der Waals surface area contributed by atoms with Crippen LogP contribution < -0.4 is 5.32 Å². The number of hydrogen-bond acceptors (Lipinski definition) is 3. The van der Waals surface area contributed by atoms with Crippen LogP contribution in [0.3, 0.4) is 0 Å². The fourth-order valence-corrected chi connectivity index (χ4v) is 5.25. The summed E-state index contributed by atoms with van der Waals surface area (Å²) in [6.07, 6.45) is 6.66. The van der Waals surface area contributed by atoms with Crippen molar-refractivity contribution < 1.29 is 4.74 Å². The molecule has 2 nitrogen and oxygen atoms in total. The Kier molecular flexibility index (Phi) is 4.28. The molecule has 2 aliphatic rings. The average molecular weight is 377 g/mol. The molecule has 1 N–H and O–H groups in total. The zero-order valence-electron chi connectivity index (χ0n) is 10.7. The Hall–Kier alpha value is 0.350. The van der Waals surface area contributed by atoms with Crippen molar-refractivity contribution in [2.75, 3.05) is 6.61 Å². The Balaban J connectivity index is 1.70. The summed E-state index contributed by atoms with van der Waals surface area (Å²) in [5, 5.41) is 3.88. The fourth-order valence-electron chi connectivity index (χ4n) is 3.13. The molecule has 3 atom stereocenters. The zero-order valence-corrected chi connectivity index (χ0v) is 13.7. The second-order valence-corrected chi connectivity index (χ2v) is 8.47. The maximum Gasteiger partial charge on any atom is 0.0659 e. The summed E-state index contributed by atoms with van der Waals surface area (Å²) in [5.74, 6) is 0. The number of nitrogens with one attached hydrogen (secondary N) is 1. The summed E-state index contributed by atoms with van der Waals surface area (Å²) in [7, 11) is 0. The molecule has 0 spiro atoms. The van der Waals surface area contributed by atoms with Crippen LogP contribution in [0.25, 0.3) is 0 Å². The lowest BCUT2D eigenvalue weighted by molar-refractivity contribution is 0.0108. The van der Waals surface area contributed by atoms with E-state index in [-0.39, 0.29) is 0 Å². The third-order valence-electron chi connectivity index (χ3n) is 4.01. The molecule has 1 aliphatic carbocycles. The van der Waals surface area contributed by atoms with Crippen LogP contribution in [0, 0.1) is 2.88 Å². The van der Waals surface area contributed by atoms with Gasteiger partial charge < -0.3 is 10.1 Å². The molecule has 0 amide bonds. The van der Waals surface area contributed by atoms with Crippen LogP contribution in [0.15, 0.2) is 6.07 Å². The summed E-state index contributed by atoms with van der Waals surface area (Å²) in [4.78, 5) is 1.61. The molecule has 0 bridgehead atoms. The smallest absolute Gasteiger partial charge is 0.0659 e. The highest BCUT2D eigenvalue weighted by Crippen LogP contribution is 2.37. The Morgan fingerprint density at radius 1 is 1.44 bits per heavy atom. The summed E-state index contributed by atoms with van der Waals surface area (Å²) in [6, 6.07) is 3.62. The van der Waals surface area contributed by atoms with Gasteiger partial charge in [0, 0.05) is 23.6 Å². The van der Waals surface area contributed by atoms with Crippen molar-refractivity contribution >= 4 is 33.9 Å². The monoisotopic (exact) mass is 377 g/mol. The fraction of sp³-hybridized carbons (Fsp3) is 0.714. The minimum atomic E-state index is 0.418. The first-order valence-corrected chi connectivity index (χ1v) is 8.77. The van der Waals surface area contributed by atoms with E-state index >= 15 is 0 Å². The van der Waals surface area contributed by atoms with E-state index in [2.05, 4.69) is 40.9 Å². The molecule has 2 heterocycles. The summed E-state index contributed by atoms with van der Waals surface area (Å²) in [5.41, 5.74) is 1.58. The normalized spacial score (nSPS) is 32.2. The number of halogens is 1. The largest absolute Gasteiger partial charge is 0.378 e. The van der Waals surface area contributed by atoms with Gasteiger partial charge in [-0.15, -0.1) is 11.3 Å². The molecule has 3 unspecified atom stereocenters. The molecule has 1 fully saturated rings. The van der Waals surface area contributed by atoms with Gasteiger partial charge in [-0.1, -0.05) is 0 Å². The van der Waals surface area contributed by atoms with E-state index in [1.54, 1.807) is 10.4 Å². The number of rotatable bonds is 2. The molecule has 3 rings (SSSR count). The SMILES string of the molecule is CC1CC(NC2CCCc3sc(I)cc32)CCO1. The van der Waals surface area contributed by atoms with Crippen molar-refractivity contribution in [3.8, 4) is 0 Å². The van der Waals surface area contributed by atoms with Crippen molar-refractivity contribution in [1.82, 2.24) is 5.32 Å². The molecular formula is C14H20INOS. The molecule has 100 valence electrons. The molecule has 1 aliphatic heterocycles. The van der Waals surface area contributed by atoms with Gasteiger partial charge >= 0.3 is 0 Å². The predicted molar refractivity (Wildman–Crippen MR) is 84.3 cm³/mol. The molecule has 0 aromatic carbocycles. The van der Waals surface area contributed by atoms with Gasteiger partial charge in [-0.25, -0.2) is 0 Å². The molecule has 1 saturated heterocycles. The Labute approximate surface area is 127 Å². The Bertz CT molecular complexity index is 420. The first kappa shape index (κ1) is 13.3. The topological polar surface area (TPSA) is 21.3 Å². The maximum absolute atomic E-state index is 5.63. The standard InChI is InChI=1S/C14H20INOS/c1-9-7-10(5-6-17-9)16-12-3-2-4-13-11(12)8-14(15)18-13/h8-10,12,16H,2-7H2,1H3. The molecule has 0 radical (unpaired) electrons. The minimum absolute atomic E-state index is 0.418. The predicted octanol–water partition coefficient (Wildman–Crippen LogP) is 3.89. The molecule has 0 saturated carbocycles. The highest BCUT2D eigenvalue weighted by molar-refractivity contribution is 14.1. The first-order valence-electron chi connectivity index (χ1n) is 6.88. The lowest BCUT2D eigenvalue weighted by Gasteiger charge is -2.33. The summed E-state index contributed by atoms with van der Waals surface area (Å²) in [6.45, 7) is 3.10. The first-order chi connectivity index (χ1) is 8.72. The van der Waals surface area contributed by atoms with E-state index in [1.165, 1.54) is 22.1 Å². The Morgan fingerprint density at radius 3 is 3.17 bits per heavy atom. The maximum atomic E-state index is 5.63. The minimum Gasteiger partial charge on any atom is -0.378 e. The van der Waals surface area contributed by atoms with Crippen LogP contribution in [0.1, 0.15) is 49.1 Å². The number of ether oxygens (including phenoxy) is 1. The lowest BCUT2D eigenvalue weighted by atomic mass is 9.92. The average Bonchev–Trinajstić information content (AvgIpc) is 2.71. The Morgan fingerprint density at radius 2 is 2.33 bits per heavy atom. The van der Waals surface area contributed by atoms with Crippen LogP contribution in [0.5, 0.6) is 0 Å². The highest BCUT2D eigenvalue weighted by Gasteiger charge is 2.27. The van der Waals surface area contributed by atoms with Crippen LogP contribution in [0.4, 0.5) is 0 Å². The van der Waals surface area contributed by atoms with Crippen molar-refractivity contribution in [3.05, 3.63) is 19.4 Å². The molecule has 1 aromatic rings. The van der Waals surface area contributed by atoms with Crippen molar-refractivity contribution in [2.24, 2.45) is 0 Å². The van der Waals surface area contributed by atoms with Gasteiger partial charge in [0.25, 0.3) is 0 Å². The second-order valence-electron chi connectivity index (χ2n) is 5.44. The number of hydrogen-bond donors (Lipinski definition) is 1. The number of thiophene rings is 1. The van der Waals surface area contributed by atoms with Gasteiger partial charge in [-0.2, -0.15) is 0 Å².